The van der Waals surface area contributed by atoms with Crippen LogP contribution in [0.25, 0.3) is 0 Å². The predicted molar refractivity (Wildman–Crippen MR) is 87.8 cm³/mol. The first kappa shape index (κ1) is 18.1. The average Bonchev–Trinajstić information content (AvgIpc) is 2.75. The maximum atomic E-state index is 12.5. The number of likely N-dealkylation sites (N-methyl/N-ethyl adjacent to an activating group) is 2. The predicted octanol–water partition coefficient (Wildman–Crippen LogP) is 1.80. The number of hydrogen-bond donors (Lipinski definition) is 1. The van der Waals surface area contributed by atoms with Crippen LogP contribution in [0.2, 0.25) is 0 Å². The molecule has 0 radical (unpaired) electrons. The van der Waals surface area contributed by atoms with Crippen LogP contribution in [0.4, 0.5) is 0 Å². The maximum absolute atomic E-state index is 12.5. The molecule has 1 aromatic heterocycles. The Labute approximate surface area is 134 Å². The minimum absolute atomic E-state index is 0.358. The molecule has 8 heteroatoms. The molecule has 0 aromatic carbocycles. The van der Waals surface area contributed by atoms with E-state index in [-0.39, 0.29) is 0 Å². The Bertz CT molecular complexity index is 529. The van der Waals surface area contributed by atoms with Crippen molar-refractivity contribution in [2.45, 2.75) is 18.4 Å². The van der Waals surface area contributed by atoms with Crippen LogP contribution in [-0.2, 0) is 16.6 Å². The summed E-state index contributed by atoms with van der Waals surface area (Å²) in [5.41, 5.74) is 0. The molecule has 0 aliphatic rings. The lowest BCUT2D eigenvalue weighted by molar-refractivity contribution is 0.358. The quantitative estimate of drug-likeness (QED) is 0.743. The second-order valence-electron chi connectivity index (χ2n) is 4.76. The molecule has 1 aromatic rings. The monoisotopic (exact) mass is 383 g/mol. The topological polar surface area (TPSA) is 52.7 Å². The zero-order valence-electron chi connectivity index (χ0n) is 12.3. The lowest BCUT2D eigenvalue weighted by Gasteiger charge is -2.19. The van der Waals surface area contributed by atoms with Gasteiger partial charge in [-0.05, 0) is 42.6 Å². The highest BCUT2D eigenvalue weighted by molar-refractivity contribution is 9.11. The molecule has 0 aliphatic carbocycles. The highest BCUT2D eigenvalue weighted by atomic mass is 79.9. The fraction of sp³-hybridized carbons (Fsp3) is 0.667. The van der Waals surface area contributed by atoms with Gasteiger partial charge in [-0.2, -0.15) is 4.31 Å². The largest absolute Gasteiger partial charge is 0.312 e. The maximum Gasteiger partial charge on any atom is 0.244 e. The van der Waals surface area contributed by atoms with E-state index in [4.69, 9.17) is 0 Å². The highest BCUT2D eigenvalue weighted by Crippen LogP contribution is 2.33. The summed E-state index contributed by atoms with van der Waals surface area (Å²) in [7, 11) is 2.04. The summed E-state index contributed by atoms with van der Waals surface area (Å²) in [4.78, 5) is 3.33. The van der Waals surface area contributed by atoms with E-state index in [1.54, 1.807) is 13.1 Å². The van der Waals surface area contributed by atoms with E-state index in [0.717, 1.165) is 11.4 Å². The zero-order chi connectivity index (χ0) is 15.3. The first-order valence-electron chi connectivity index (χ1n) is 6.39. The van der Waals surface area contributed by atoms with Crippen LogP contribution >= 0.6 is 27.3 Å². The van der Waals surface area contributed by atoms with Gasteiger partial charge in [0.1, 0.15) is 4.90 Å². The smallest absolute Gasteiger partial charge is 0.244 e. The first-order chi connectivity index (χ1) is 9.28. The summed E-state index contributed by atoms with van der Waals surface area (Å²) < 4.78 is 27.1. The number of sulfonamides is 1. The van der Waals surface area contributed by atoms with E-state index in [1.807, 2.05) is 25.9 Å². The Morgan fingerprint density at radius 3 is 2.50 bits per heavy atom. The molecule has 20 heavy (non-hydrogen) atoms. The fourth-order valence-corrected chi connectivity index (χ4v) is 5.30. The zero-order valence-corrected chi connectivity index (χ0v) is 15.5. The number of halogens is 1. The van der Waals surface area contributed by atoms with Crippen molar-refractivity contribution < 1.29 is 8.42 Å². The van der Waals surface area contributed by atoms with Gasteiger partial charge in [0.05, 0.1) is 3.79 Å². The molecule has 0 bridgehead atoms. The van der Waals surface area contributed by atoms with Gasteiger partial charge in [0.25, 0.3) is 0 Å². The molecule has 0 amide bonds. The summed E-state index contributed by atoms with van der Waals surface area (Å²) >= 11 is 4.83. The number of hydrogen-bond acceptors (Lipinski definition) is 5. The van der Waals surface area contributed by atoms with Crippen molar-refractivity contribution in [3.63, 3.8) is 0 Å². The van der Waals surface area contributed by atoms with E-state index in [2.05, 4.69) is 21.2 Å². The number of nitrogens with zero attached hydrogens (tertiary/aromatic N) is 2. The van der Waals surface area contributed by atoms with Crippen molar-refractivity contribution in [2.24, 2.45) is 0 Å². The van der Waals surface area contributed by atoms with Gasteiger partial charge in [-0.3, -0.25) is 0 Å². The van der Waals surface area contributed by atoms with Crippen LogP contribution in [0.1, 0.15) is 11.8 Å². The third-order valence-electron chi connectivity index (χ3n) is 2.81. The van der Waals surface area contributed by atoms with Gasteiger partial charge in [0.2, 0.25) is 10.0 Å². The molecule has 0 atom stereocenters. The van der Waals surface area contributed by atoms with Crippen molar-refractivity contribution in [3.05, 3.63) is 14.7 Å². The third-order valence-corrected chi connectivity index (χ3v) is 6.92. The normalized spacial score (nSPS) is 12.6. The molecule has 0 fully saturated rings. The SMILES string of the molecule is CCNCc1cc(S(=O)(=O)N(C)CCN(C)C)c(Br)s1. The second kappa shape index (κ2) is 7.86. The van der Waals surface area contributed by atoms with Crippen LogP contribution < -0.4 is 5.32 Å². The van der Waals surface area contributed by atoms with E-state index in [9.17, 15) is 8.42 Å². The highest BCUT2D eigenvalue weighted by Gasteiger charge is 2.25. The van der Waals surface area contributed by atoms with Gasteiger partial charge < -0.3 is 10.2 Å². The van der Waals surface area contributed by atoms with E-state index in [0.29, 0.717) is 28.3 Å². The number of thiophene rings is 1. The van der Waals surface area contributed by atoms with Crippen molar-refractivity contribution in [1.29, 1.82) is 0 Å². The Morgan fingerprint density at radius 1 is 1.30 bits per heavy atom. The summed E-state index contributed by atoms with van der Waals surface area (Å²) in [6.45, 7) is 4.74. The molecule has 0 saturated carbocycles. The van der Waals surface area contributed by atoms with Gasteiger partial charge in [-0.25, -0.2) is 8.42 Å². The van der Waals surface area contributed by atoms with Gasteiger partial charge >= 0.3 is 0 Å². The lowest BCUT2D eigenvalue weighted by atomic mass is 10.4. The number of rotatable bonds is 8. The van der Waals surface area contributed by atoms with Gasteiger partial charge in [-0.1, -0.05) is 6.92 Å². The minimum atomic E-state index is -3.43. The van der Waals surface area contributed by atoms with Crippen LogP contribution in [0.15, 0.2) is 14.7 Å². The minimum Gasteiger partial charge on any atom is -0.312 e. The van der Waals surface area contributed by atoms with E-state index >= 15 is 0 Å². The summed E-state index contributed by atoms with van der Waals surface area (Å²) in [6.07, 6.45) is 0. The molecule has 0 saturated heterocycles. The van der Waals surface area contributed by atoms with Crippen LogP contribution in [-0.4, -0.2) is 58.4 Å². The molecule has 0 aliphatic heterocycles. The standard InChI is InChI=1S/C12H22BrN3O2S2/c1-5-14-9-10-8-11(12(13)19-10)20(17,18)16(4)7-6-15(2)3/h8,14H,5-7,9H2,1-4H3. The Balaban J connectivity index is 2.88. The molecular weight excluding hydrogens is 362 g/mol. The lowest BCUT2D eigenvalue weighted by Crippen LogP contribution is -2.33. The first-order valence-corrected chi connectivity index (χ1v) is 9.44. The van der Waals surface area contributed by atoms with E-state index in [1.165, 1.54) is 15.6 Å². The number of nitrogens with one attached hydrogen (secondary N) is 1. The summed E-state index contributed by atoms with van der Waals surface area (Å²) in [5, 5.41) is 3.20. The van der Waals surface area contributed by atoms with Gasteiger partial charge in [0.15, 0.2) is 0 Å². The van der Waals surface area contributed by atoms with Crippen molar-refractivity contribution in [1.82, 2.24) is 14.5 Å². The van der Waals surface area contributed by atoms with Crippen molar-refractivity contribution in [3.8, 4) is 0 Å². The molecule has 116 valence electrons. The molecule has 1 rings (SSSR count). The second-order valence-corrected chi connectivity index (χ2v) is 9.23. The average molecular weight is 384 g/mol. The van der Waals surface area contributed by atoms with E-state index < -0.39 is 10.0 Å². The van der Waals surface area contributed by atoms with Crippen molar-refractivity contribution in [2.75, 3.05) is 40.8 Å². The van der Waals surface area contributed by atoms with Gasteiger partial charge in [0, 0.05) is 31.6 Å². The molecule has 0 unspecified atom stereocenters. The summed E-state index contributed by atoms with van der Waals surface area (Å²) in [5.74, 6) is 0. The molecule has 0 spiro atoms. The Hall–Kier alpha value is 0.01000. The third kappa shape index (κ3) is 4.78. The molecular formula is C12H22BrN3O2S2. The Morgan fingerprint density at radius 2 is 1.95 bits per heavy atom. The molecule has 1 heterocycles. The van der Waals surface area contributed by atoms with Crippen LogP contribution in [0.3, 0.4) is 0 Å². The summed E-state index contributed by atoms with van der Waals surface area (Å²) in [6, 6.07) is 1.75. The Kier molecular flexibility index (Phi) is 7.10. The van der Waals surface area contributed by atoms with Gasteiger partial charge in [-0.15, -0.1) is 11.3 Å². The fourth-order valence-electron chi connectivity index (χ4n) is 1.54. The van der Waals surface area contributed by atoms with Crippen molar-refractivity contribution >= 4 is 37.3 Å². The molecule has 5 nitrogen and oxygen atoms in total. The van der Waals surface area contributed by atoms with Crippen LogP contribution in [0, 0.1) is 0 Å². The molecule has 1 N–H and O–H groups in total. The van der Waals surface area contributed by atoms with Crippen LogP contribution in [0.5, 0.6) is 0 Å².